The molecule has 7 nitrogen and oxygen atoms in total. The van der Waals surface area contributed by atoms with Crippen LogP contribution in [0.1, 0.15) is 18.3 Å². The summed E-state index contributed by atoms with van der Waals surface area (Å²) in [6.45, 7) is 2.34. The fraction of sp³-hybridized carbons (Fsp3) is 0.235. The van der Waals surface area contributed by atoms with Gasteiger partial charge in [0.25, 0.3) is 0 Å². The van der Waals surface area contributed by atoms with Crippen LogP contribution in [-0.2, 0) is 21.3 Å². The van der Waals surface area contributed by atoms with E-state index < -0.39 is 9.84 Å². The molecule has 0 amide bonds. The Morgan fingerprint density at radius 1 is 1.00 bits per heavy atom. The van der Waals surface area contributed by atoms with Crippen LogP contribution in [0.25, 0.3) is 5.69 Å². The molecule has 0 bridgehead atoms. The number of hydrogen-bond acceptors (Lipinski definition) is 6. The fourth-order valence-electron chi connectivity index (χ4n) is 2.47. The van der Waals surface area contributed by atoms with Gasteiger partial charge in [0.1, 0.15) is 11.5 Å². The first-order valence-corrected chi connectivity index (χ1v) is 9.65. The van der Waals surface area contributed by atoms with Gasteiger partial charge in [0.2, 0.25) is 0 Å². The van der Waals surface area contributed by atoms with Crippen molar-refractivity contribution in [2.24, 2.45) is 0 Å². The van der Waals surface area contributed by atoms with Gasteiger partial charge in [0.15, 0.2) is 15.7 Å². The Bertz CT molecular complexity index is 939. The standard InChI is InChI=1S/C17H18N4O3S/c1-2-24-16-11-7-6-8-14(16)12-25(22,23)13-17-18-19-20-21(17)15-9-4-3-5-10-15/h3-11H,2,12-13H2,1H3. The van der Waals surface area contributed by atoms with Crippen LogP contribution < -0.4 is 4.74 Å². The van der Waals surface area contributed by atoms with Crippen LogP contribution in [0, 0.1) is 0 Å². The van der Waals surface area contributed by atoms with E-state index in [1.54, 1.807) is 18.2 Å². The molecular formula is C17H18N4O3S. The Labute approximate surface area is 146 Å². The van der Waals surface area contributed by atoms with Crippen LogP contribution in [-0.4, -0.2) is 35.2 Å². The van der Waals surface area contributed by atoms with Gasteiger partial charge >= 0.3 is 0 Å². The molecule has 2 aromatic carbocycles. The van der Waals surface area contributed by atoms with E-state index in [1.807, 2.05) is 43.3 Å². The average molecular weight is 358 g/mol. The molecule has 0 aliphatic carbocycles. The molecule has 3 aromatic rings. The molecule has 0 saturated carbocycles. The van der Waals surface area contributed by atoms with Gasteiger partial charge < -0.3 is 4.74 Å². The van der Waals surface area contributed by atoms with Crippen molar-refractivity contribution >= 4 is 9.84 Å². The van der Waals surface area contributed by atoms with E-state index in [4.69, 9.17) is 4.74 Å². The van der Waals surface area contributed by atoms with E-state index in [9.17, 15) is 8.42 Å². The van der Waals surface area contributed by atoms with Crippen molar-refractivity contribution in [2.75, 3.05) is 6.61 Å². The average Bonchev–Trinajstić information content (AvgIpc) is 3.04. The SMILES string of the molecule is CCOc1ccccc1CS(=O)(=O)Cc1nnnn1-c1ccccc1. The largest absolute Gasteiger partial charge is 0.494 e. The summed E-state index contributed by atoms with van der Waals surface area (Å²) in [5, 5.41) is 11.4. The number of nitrogens with zero attached hydrogens (tertiary/aromatic N) is 4. The maximum atomic E-state index is 12.6. The predicted octanol–water partition coefficient (Wildman–Crippen LogP) is 2.18. The van der Waals surface area contributed by atoms with E-state index in [0.717, 1.165) is 0 Å². The first-order valence-electron chi connectivity index (χ1n) is 7.83. The normalized spacial score (nSPS) is 11.4. The number of tetrazole rings is 1. The monoisotopic (exact) mass is 358 g/mol. The molecule has 130 valence electrons. The lowest BCUT2D eigenvalue weighted by molar-refractivity contribution is 0.337. The van der Waals surface area contributed by atoms with Crippen molar-refractivity contribution in [2.45, 2.75) is 18.4 Å². The highest BCUT2D eigenvalue weighted by Crippen LogP contribution is 2.22. The van der Waals surface area contributed by atoms with Crippen LogP contribution in [0.4, 0.5) is 0 Å². The molecule has 0 unspecified atom stereocenters. The summed E-state index contributed by atoms with van der Waals surface area (Å²) < 4.78 is 32.2. The summed E-state index contributed by atoms with van der Waals surface area (Å²) in [6.07, 6.45) is 0. The third-order valence-corrected chi connectivity index (χ3v) is 4.98. The van der Waals surface area contributed by atoms with Crippen molar-refractivity contribution in [3.63, 3.8) is 0 Å². The van der Waals surface area contributed by atoms with Gasteiger partial charge in [-0.25, -0.2) is 8.42 Å². The molecule has 1 aromatic heterocycles. The molecular weight excluding hydrogens is 340 g/mol. The third kappa shape index (κ3) is 4.21. The van der Waals surface area contributed by atoms with Crippen molar-refractivity contribution in [1.82, 2.24) is 20.2 Å². The van der Waals surface area contributed by atoms with Crippen LogP contribution in [0.3, 0.4) is 0 Å². The lowest BCUT2D eigenvalue weighted by Crippen LogP contribution is -2.13. The zero-order valence-corrected chi connectivity index (χ0v) is 14.6. The van der Waals surface area contributed by atoms with E-state index in [2.05, 4.69) is 15.5 Å². The number of ether oxygens (including phenoxy) is 1. The molecule has 3 rings (SSSR count). The van der Waals surface area contributed by atoms with E-state index >= 15 is 0 Å². The Kier molecular flexibility index (Phi) is 5.08. The van der Waals surface area contributed by atoms with Gasteiger partial charge in [-0.2, -0.15) is 4.68 Å². The topological polar surface area (TPSA) is 87.0 Å². The first-order chi connectivity index (χ1) is 12.1. The minimum absolute atomic E-state index is 0.134. The predicted molar refractivity (Wildman–Crippen MR) is 93.1 cm³/mol. The molecule has 0 aliphatic heterocycles. The third-order valence-electron chi connectivity index (χ3n) is 3.53. The van der Waals surface area contributed by atoms with Crippen molar-refractivity contribution in [3.8, 4) is 11.4 Å². The molecule has 0 radical (unpaired) electrons. The summed E-state index contributed by atoms with van der Waals surface area (Å²) in [5.41, 5.74) is 1.34. The second kappa shape index (κ2) is 7.43. The number of rotatable bonds is 7. The van der Waals surface area contributed by atoms with Gasteiger partial charge in [-0.3, -0.25) is 0 Å². The summed E-state index contributed by atoms with van der Waals surface area (Å²) in [5.74, 6) is 0.469. The number of para-hydroxylation sites is 2. The quantitative estimate of drug-likeness (QED) is 0.643. The van der Waals surface area contributed by atoms with Crippen LogP contribution in [0.15, 0.2) is 54.6 Å². The van der Waals surface area contributed by atoms with Gasteiger partial charge in [0.05, 0.1) is 18.0 Å². The Hall–Kier alpha value is -2.74. The first kappa shape index (κ1) is 17.1. The zero-order chi connectivity index (χ0) is 17.7. The molecule has 1 heterocycles. The number of hydrogen-bond donors (Lipinski definition) is 0. The lowest BCUT2D eigenvalue weighted by atomic mass is 10.2. The molecule has 0 N–H and O–H groups in total. The van der Waals surface area contributed by atoms with Crippen molar-refractivity contribution < 1.29 is 13.2 Å². The highest BCUT2D eigenvalue weighted by atomic mass is 32.2. The molecule has 0 saturated heterocycles. The van der Waals surface area contributed by atoms with Gasteiger partial charge in [0, 0.05) is 5.56 Å². The number of benzene rings is 2. The summed E-state index contributed by atoms with van der Waals surface area (Å²) in [6, 6.07) is 16.3. The lowest BCUT2D eigenvalue weighted by Gasteiger charge is -2.10. The molecule has 0 fully saturated rings. The van der Waals surface area contributed by atoms with Crippen molar-refractivity contribution in [1.29, 1.82) is 0 Å². The van der Waals surface area contributed by atoms with E-state index in [1.165, 1.54) is 4.68 Å². The zero-order valence-electron chi connectivity index (χ0n) is 13.7. The van der Waals surface area contributed by atoms with Crippen molar-refractivity contribution in [3.05, 3.63) is 66.0 Å². The highest BCUT2D eigenvalue weighted by molar-refractivity contribution is 7.89. The molecule has 0 atom stereocenters. The molecule has 0 spiro atoms. The molecule has 25 heavy (non-hydrogen) atoms. The van der Waals surface area contributed by atoms with Crippen LogP contribution in [0.2, 0.25) is 0 Å². The van der Waals surface area contributed by atoms with Gasteiger partial charge in [-0.1, -0.05) is 36.4 Å². The van der Waals surface area contributed by atoms with Crippen LogP contribution in [0.5, 0.6) is 5.75 Å². The Morgan fingerprint density at radius 3 is 2.48 bits per heavy atom. The van der Waals surface area contributed by atoms with Gasteiger partial charge in [-0.15, -0.1) is 5.10 Å². The Balaban J connectivity index is 1.83. The smallest absolute Gasteiger partial charge is 0.171 e. The van der Waals surface area contributed by atoms with E-state index in [-0.39, 0.29) is 17.3 Å². The highest BCUT2D eigenvalue weighted by Gasteiger charge is 2.20. The minimum atomic E-state index is -3.47. The molecule has 8 heteroatoms. The maximum absolute atomic E-state index is 12.6. The van der Waals surface area contributed by atoms with Gasteiger partial charge in [-0.05, 0) is 35.5 Å². The second-order valence-electron chi connectivity index (χ2n) is 5.42. The summed E-state index contributed by atoms with van der Waals surface area (Å²) in [7, 11) is -3.47. The Morgan fingerprint density at radius 2 is 1.72 bits per heavy atom. The van der Waals surface area contributed by atoms with Crippen LogP contribution >= 0.6 is 0 Å². The number of aromatic nitrogens is 4. The maximum Gasteiger partial charge on any atom is 0.171 e. The summed E-state index contributed by atoms with van der Waals surface area (Å²) in [4.78, 5) is 0. The van der Waals surface area contributed by atoms with E-state index in [0.29, 0.717) is 23.6 Å². The minimum Gasteiger partial charge on any atom is -0.494 e. The summed E-state index contributed by atoms with van der Waals surface area (Å²) >= 11 is 0. The fourth-order valence-corrected chi connectivity index (χ4v) is 3.86. The molecule has 0 aliphatic rings. The second-order valence-corrected chi connectivity index (χ2v) is 7.48. The number of sulfone groups is 1.